The number of hydrogen-bond acceptors (Lipinski definition) is 5. The minimum absolute atomic E-state index is 0.0426. The van der Waals surface area contributed by atoms with Crippen molar-refractivity contribution < 1.29 is 9.59 Å². The van der Waals surface area contributed by atoms with Gasteiger partial charge in [-0.1, -0.05) is 42.1 Å². The number of rotatable bonds is 8. The van der Waals surface area contributed by atoms with Crippen molar-refractivity contribution in [1.29, 1.82) is 0 Å². The van der Waals surface area contributed by atoms with Gasteiger partial charge in [-0.2, -0.15) is 0 Å². The van der Waals surface area contributed by atoms with Gasteiger partial charge in [0.2, 0.25) is 11.8 Å². The van der Waals surface area contributed by atoms with Crippen LogP contribution in [0.3, 0.4) is 0 Å². The molecule has 1 heterocycles. The molecule has 7 heteroatoms. The summed E-state index contributed by atoms with van der Waals surface area (Å²) >= 11 is 1.29. The third-order valence-electron chi connectivity index (χ3n) is 4.14. The van der Waals surface area contributed by atoms with Crippen molar-refractivity contribution in [2.45, 2.75) is 25.9 Å². The summed E-state index contributed by atoms with van der Waals surface area (Å²) in [7, 11) is 1.65. The van der Waals surface area contributed by atoms with E-state index in [2.05, 4.69) is 9.97 Å². The van der Waals surface area contributed by atoms with Crippen LogP contribution in [0.15, 0.2) is 41.6 Å². The monoisotopic (exact) mass is 386 g/mol. The normalized spacial score (nSPS) is 10.5. The summed E-state index contributed by atoms with van der Waals surface area (Å²) in [6.07, 6.45) is 0. The standard InChI is InChI=1S/C20H26N4O2S/c1-5-24(6-2)18(25)13-23(4)19(26)14-27-20-21-15(3)12-17(22-20)16-10-8-7-9-11-16/h7-12H,5-6,13-14H2,1-4H3. The van der Waals surface area contributed by atoms with Gasteiger partial charge in [-0.25, -0.2) is 9.97 Å². The Hall–Kier alpha value is -2.41. The lowest BCUT2D eigenvalue weighted by atomic mass is 10.1. The van der Waals surface area contributed by atoms with Crippen LogP contribution in [0.2, 0.25) is 0 Å². The van der Waals surface area contributed by atoms with Gasteiger partial charge in [-0.05, 0) is 26.8 Å². The van der Waals surface area contributed by atoms with Crippen LogP contribution in [0.4, 0.5) is 0 Å². The number of hydrogen-bond donors (Lipinski definition) is 0. The van der Waals surface area contributed by atoms with Gasteiger partial charge in [0.05, 0.1) is 18.0 Å². The Morgan fingerprint density at radius 1 is 1.04 bits per heavy atom. The van der Waals surface area contributed by atoms with E-state index in [9.17, 15) is 9.59 Å². The number of nitrogens with zero attached hydrogens (tertiary/aromatic N) is 4. The average Bonchev–Trinajstić information content (AvgIpc) is 2.67. The molecule has 0 aliphatic heterocycles. The van der Waals surface area contributed by atoms with Crippen molar-refractivity contribution in [3.63, 3.8) is 0 Å². The second-order valence-corrected chi connectivity index (χ2v) is 7.09. The van der Waals surface area contributed by atoms with E-state index < -0.39 is 0 Å². The Balaban J connectivity index is 1.98. The zero-order valence-electron chi connectivity index (χ0n) is 16.3. The predicted molar refractivity (Wildman–Crippen MR) is 108 cm³/mol. The van der Waals surface area contributed by atoms with Crippen molar-refractivity contribution in [3.05, 3.63) is 42.1 Å². The van der Waals surface area contributed by atoms with E-state index in [1.807, 2.05) is 57.2 Å². The maximum atomic E-state index is 12.4. The summed E-state index contributed by atoms with van der Waals surface area (Å²) in [6.45, 7) is 7.15. The van der Waals surface area contributed by atoms with Crippen molar-refractivity contribution in [1.82, 2.24) is 19.8 Å². The van der Waals surface area contributed by atoms with E-state index >= 15 is 0 Å². The third-order valence-corrected chi connectivity index (χ3v) is 4.97. The number of aromatic nitrogens is 2. The summed E-state index contributed by atoms with van der Waals surface area (Å²) in [5, 5.41) is 0.561. The topological polar surface area (TPSA) is 66.4 Å². The highest BCUT2D eigenvalue weighted by atomic mass is 32.2. The Bertz CT molecular complexity index is 779. The fourth-order valence-electron chi connectivity index (χ4n) is 2.57. The van der Waals surface area contributed by atoms with E-state index in [1.165, 1.54) is 16.7 Å². The highest BCUT2D eigenvalue weighted by Gasteiger charge is 2.17. The first-order valence-electron chi connectivity index (χ1n) is 9.00. The maximum absolute atomic E-state index is 12.4. The smallest absolute Gasteiger partial charge is 0.242 e. The van der Waals surface area contributed by atoms with Crippen LogP contribution in [-0.2, 0) is 9.59 Å². The zero-order valence-corrected chi connectivity index (χ0v) is 17.1. The van der Waals surface area contributed by atoms with E-state index in [0.717, 1.165) is 17.0 Å². The Kier molecular flexibility index (Phi) is 7.79. The van der Waals surface area contributed by atoms with Crippen LogP contribution in [-0.4, -0.2) is 64.0 Å². The molecule has 0 bridgehead atoms. The number of thioether (sulfide) groups is 1. The highest BCUT2D eigenvalue weighted by molar-refractivity contribution is 7.99. The first-order chi connectivity index (χ1) is 12.9. The fraction of sp³-hybridized carbons (Fsp3) is 0.400. The van der Waals surface area contributed by atoms with E-state index in [4.69, 9.17) is 0 Å². The van der Waals surface area contributed by atoms with Gasteiger partial charge in [0.25, 0.3) is 0 Å². The van der Waals surface area contributed by atoms with Gasteiger partial charge in [0, 0.05) is 31.4 Å². The molecule has 1 aromatic heterocycles. The van der Waals surface area contributed by atoms with Crippen molar-refractivity contribution in [2.24, 2.45) is 0 Å². The molecule has 0 saturated heterocycles. The first-order valence-corrected chi connectivity index (χ1v) is 9.98. The van der Waals surface area contributed by atoms with Crippen LogP contribution in [0.1, 0.15) is 19.5 Å². The summed E-state index contributed by atoms with van der Waals surface area (Å²) in [4.78, 5) is 36.7. The SMILES string of the molecule is CCN(CC)C(=O)CN(C)C(=O)CSc1nc(C)cc(-c2ccccc2)n1. The Morgan fingerprint density at radius 2 is 1.70 bits per heavy atom. The molecule has 0 saturated carbocycles. The third kappa shape index (κ3) is 6.06. The lowest BCUT2D eigenvalue weighted by molar-refractivity contribution is -0.137. The van der Waals surface area contributed by atoms with Gasteiger partial charge in [-0.3, -0.25) is 9.59 Å². The molecule has 2 rings (SSSR count). The summed E-state index contributed by atoms with van der Waals surface area (Å²) in [6, 6.07) is 11.8. The van der Waals surface area contributed by atoms with Crippen LogP contribution in [0, 0.1) is 6.92 Å². The molecule has 27 heavy (non-hydrogen) atoms. The van der Waals surface area contributed by atoms with E-state index in [1.54, 1.807) is 11.9 Å². The van der Waals surface area contributed by atoms with Gasteiger partial charge in [0.15, 0.2) is 5.16 Å². The number of carbonyl (C=O) groups excluding carboxylic acids is 2. The van der Waals surface area contributed by atoms with E-state index in [-0.39, 0.29) is 24.1 Å². The highest BCUT2D eigenvalue weighted by Crippen LogP contribution is 2.21. The van der Waals surface area contributed by atoms with Crippen LogP contribution in [0.25, 0.3) is 11.3 Å². The molecule has 0 atom stereocenters. The second kappa shape index (κ2) is 10.1. The number of amides is 2. The van der Waals surface area contributed by atoms with Crippen LogP contribution < -0.4 is 0 Å². The van der Waals surface area contributed by atoms with Crippen LogP contribution >= 0.6 is 11.8 Å². The molecule has 0 fully saturated rings. The molecule has 2 amide bonds. The van der Waals surface area contributed by atoms with Crippen LogP contribution in [0.5, 0.6) is 0 Å². The lowest BCUT2D eigenvalue weighted by Gasteiger charge is -2.23. The van der Waals surface area contributed by atoms with Gasteiger partial charge >= 0.3 is 0 Å². The Morgan fingerprint density at radius 3 is 2.33 bits per heavy atom. The molecule has 2 aromatic rings. The summed E-state index contributed by atoms with van der Waals surface area (Å²) in [5.41, 5.74) is 2.70. The van der Waals surface area contributed by atoms with Gasteiger partial charge in [-0.15, -0.1) is 0 Å². The van der Waals surface area contributed by atoms with E-state index in [0.29, 0.717) is 18.2 Å². The molecule has 0 N–H and O–H groups in total. The van der Waals surface area contributed by atoms with Crippen molar-refractivity contribution in [2.75, 3.05) is 32.4 Å². The average molecular weight is 387 g/mol. The lowest BCUT2D eigenvalue weighted by Crippen LogP contribution is -2.41. The quantitative estimate of drug-likeness (QED) is 0.516. The van der Waals surface area contributed by atoms with Crippen molar-refractivity contribution in [3.8, 4) is 11.3 Å². The molecular weight excluding hydrogens is 360 g/mol. The fourth-order valence-corrected chi connectivity index (χ4v) is 3.41. The number of aryl methyl sites for hydroxylation is 1. The zero-order chi connectivity index (χ0) is 19.8. The largest absolute Gasteiger partial charge is 0.342 e. The molecule has 0 aliphatic rings. The molecule has 0 aliphatic carbocycles. The summed E-state index contributed by atoms with van der Waals surface area (Å²) in [5.74, 6) is 0.0329. The van der Waals surface area contributed by atoms with Gasteiger partial charge in [0.1, 0.15) is 0 Å². The molecule has 0 unspecified atom stereocenters. The maximum Gasteiger partial charge on any atom is 0.242 e. The van der Waals surface area contributed by atoms with Gasteiger partial charge < -0.3 is 9.80 Å². The first kappa shape index (κ1) is 20.9. The Labute approximate surface area is 165 Å². The minimum Gasteiger partial charge on any atom is -0.342 e. The minimum atomic E-state index is -0.119. The second-order valence-electron chi connectivity index (χ2n) is 6.15. The van der Waals surface area contributed by atoms with Crippen molar-refractivity contribution >= 4 is 23.6 Å². The molecule has 0 spiro atoms. The molecule has 6 nitrogen and oxygen atoms in total. The number of carbonyl (C=O) groups is 2. The molecular formula is C20H26N4O2S. The molecule has 1 aromatic carbocycles. The molecule has 0 radical (unpaired) electrons. The number of likely N-dealkylation sites (N-methyl/N-ethyl adjacent to an activating group) is 2. The predicted octanol–water partition coefficient (Wildman–Crippen LogP) is 2.87. The summed E-state index contributed by atoms with van der Waals surface area (Å²) < 4.78 is 0. The number of benzene rings is 1. The molecule has 144 valence electrons.